The number of anilines is 1. The van der Waals surface area contributed by atoms with Crippen LogP contribution in [0.4, 0.5) is 10.1 Å². The summed E-state index contributed by atoms with van der Waals surface area (Å²) in [6.45, 7) is 0.527. The van der Waals surface area contributed by atoms with Crippen molar-refractivity contribution in [1.82, 2.24) is 10.9 Å². The Kier molecular flexibility index (Phi) is 4.95. The highest BCUT2D eigenvalue weighted by atomic mass is 35.5. The molecule has 0 radical (unpaired) electrons. The van der Waals surface area contributed by atoms with E-state index in [-0.39, 0.29) is 23.8 Å². The molecule has 2 N–H and O–H groups in total. The molecule has 0 aromatic heterocycles. The minimum absolute atomic E-state index is 0.0217. The summed E-state index contributed by atoms with van der Waals surface area (Å²) in [5.74, 6) is -0.0458. The van der Waals surface area contributed by atoms with E-state index < -0.39 is 0 Å². The number of rotatable bonds is 3. The molecule has 5 nitrogen and oxygen atoms in total. The number of hydrogen-bond donors (Lipinski definition) is 2. The van der Waals surface area contributed by atoms with Gasteiger partial charge in [0.25, 0.3) is 0 Å². The van der Waals surface area contributed by atoms with Crippen molar-refractivity contribution >= 4 is 40.1 Å². The molecule has 8 heteroatoms. The normalized spacial score (nSPS) is 22.3. The largest absolute Gasteiger partial charge is 0.274 e. The number of amides is 1. The lowest BCUT2D eigenvalue weighted by Crippen LogP contribution is -2.49. The van der Waals surface area contributed by atoms with Gasteiger partial charge >= 0.3 is 0 Å². The van der Waals surface area contributed by atoms with Crippen LogP contribution in [0.15, 0.2) is 53.5 Å². The number of fused-ring (bicyclic) bond motifs is 1. The number of nitrogens with zero attached hydrogens (tertiary/aromatic N) is 2. The third-order valence-corrected chi connectivity index (χ3v) is 5.55. The topological polar surface area (TPSA) is 56.7 Å². The molecule has 26 heavy (non-hydrogen) atoms. The van der Waals surface area contributed by atoms with Crippen LogP contribution in [-0.2, 0) is 10.5 Å². The number of halogens is 2. The second-order valence-electron chi connectivity index (χ2n) is 6.06. The Morgan fingerprint density at radius 2 is 2.08 bits per heavy atom. The Morgan fingerprint density at radius 1 is 1.27 bits per heavy atom. The van der Waals surface area contributed by atoms with Crippen LogP contribution in [0.1, 0.15) is 5.56 Å². The van der Waals surface area contributed by atoms with Crippen molar-refractivity contribution in [3.05, 3.63) is 64.9 Å². The quantitative estimate of drug-likeness (QED) is 0.845. The predicted octanol–water partition coefficient (Wildman–Crippen LogP) is 3.17. The monoisotopic (exact) mass is 390 g/mol. The Hall–Kier alpha value is -1.93. The summed E-state index contributed by atoms with van der Waals surface area (Å²) in [6.07, 6.45) is -0.291. The molecule has 2 aliphatic heterocycles. The van der Waals surface area contributed by atoms with E-state index in [2.05, 4.69) is 10.9 Å². The second-order valence-corrected chi connectivity index (χ2v) is 7.44. The van der Waals surface area contributed by atoms with Crippen molar-refractivity contribution in [3.63, 3.8) is 0 Å². The molecule has 1 saturated heterocycles. The molecule has 1 amide bonds. The molecule has 0 spiro atoms. The lowest BCUT2D eigenvalue weighted by Gasteiger charge is -2.32. The highest BCUT2D eigenvalue weighted by molar-refractivity contribution is 8.13. The molecule has 4 rings (SSSR count). The van der Waals surface area contributed by atoms with Crippen LogP contribution >= 0.6 is 23.4 Å². The first kappa shape index (κ1) is 17.5. The average Bonchev–Trinajstić information content (AvgIpc) is 3.10. The Balaban J connectivity index is 1.63. The molecule has 0 saturated carbocycles. The van der Waals surface area contributed by atoms with Crippen molar-refractivity contribution in [2.75, 3.05) is 11.4 Å². The summed E-state index contributed by atoms with van der Waals surface area (Å²) < 4.78 is 13.4. The van der Waals surface area contributed by atoms with Crippen molar-refractivity contribution < 1.29 is 9.18 Å². The van der Waals surface area contributed by atoms with Gasteiger partial charge in [-0.2, -0.15) is 0 Å². The number of amidine groups is 1. The fraction of sp³-hybridized carbons (Fsp3) is 0.222. The molecule has 1 fully saturated rings. The van der Waals surface area contributed by atoms with E-state index in [1.165, 1.54) is 23.9 Å². The maximum Gasteiger partial charge on any atom is 0.241 e. The molecule has 134 valence electrons. The zero-order valence-corrected chi connectivity index (χ0v) is 15.2. The van der Waals surface area contributed by atoms with Crippen LogP contribution in [0.3, 0.4) is 0 Å². The molecule has 2 unspecified atom stereocenters. The molecular weight excluding hydrogens is 375 g/mol. The molecule has 2 atom stereocenters. The summed E-state index contributed by atoms with van der Waals surface area (Å²) in [5.41, 5.74) is 7.57. The number of benzene rings is 2. The molecular formula is C18H16ClFN4OS. The van der Waals surface area contributed by atoms with Gasteiger partial charge in [-0.15, -0.1) is 0 Å². The van der Waals surface area contributed by atoms with Crippen molar-refractivity contribution in [1.29, 1.82) is 0 Å². The van der Waals surface area contributed by atoms with Gasteiger partial charge < -0.3 is 0 Å². The van der Waals surface area contributed by atoms with Crippen LogP contribution in [0.5, 0.6) is 0 Å². The zero-order chi connectivity index (χ0) is 18.1. The third-order valence-electron chi connectivity index (χ3n) is 4.27. The Bertz CT molecular complexity index is 861. The first-order valence-corrected chi connectivity index (χ1v) is 9.51. The van der Waals surface area contributed by atoms with E-state index in [9.17, 15) is 9.18 Å². The number of hydrazine groups is 1. The van der Waals surface area contributed by atoms with Gasteiger partial charge in [0.1, 0.15) is 12.0 Å². The van der Waals surface area contributed by atoms with Crippen LogP contribution in [0.25, 0.3) is 0 Å². The standard InChI is InChI=1S/C18H16ClFN4OS/c19-12-4-6-14(7-5-12)24-17(25)15-9-21-23-16(15)22-18(24)26-10-11-2-1-3-13(20)8-11/h1-8,15-16,21,23H,9-10H2. The van der Waals surface area contributed by atoms with Crippen molar-refractivity contribution in [3.8, 4) is 0 Å². The van der Waals surface area contributed by atoms with Gasteiger partial charge in [0.15, 0.2) is 5.17 Å². The fourth-order valence-corrected chi connectivity index (χ4v) is 4.09. The van der Waals surface area contributed by atoms with Gasteiger partial charge in [0, 0.05) is 17.3 Å². The SMILES string of the molecule is O=C1C2CNNC2N=C(SCc2cccc(F)c2)N1c1ccc(Cl)cc1. The highest BCUT2D eigenvalue weighted by Crippen LogP contribution is 2.31. The van der Waals surface area contributed by atoms with E-state index >= 15 is 0 Å². The van der Waals surface area contributed by atoms with E-state index in [1.807, 2.05) is 6.07 Å². The minimum atomic E-state index is -0.291. The number of hydrogen-bond acceptors (Lipinski definition) is 5. The van der Waals surface area contributed by atoms with Gasteiger partial charge in [-0.05, 0) is 42.0 Å². The predicted molar refractivity (Wildman–Crippen MR) is 102 cm³/mol. The van der Waals surface area contributed by atoms with Gasteiger partial charge in [-0.1, -0.05) is 35.5 Å². The maximum absolute atomic E-state index is 13.4. The Labute approximate surface area is 159 Å². The Morgan fingerprint density at radius 3 is 2.85 bits per heavy atom. The van der Waals surface area contributed by atoms with E-state index in [0.29, 0.717) is 22.5 Å². The average molecular weight is 391 g/mol. The van der Waals surface area contributed by atoms with Gasteiger partial charge in [-0.25, -0.2) is 14.8 Å². The van der Waals surface area contributed by atoms with Crippen LogP contribution < -0.4 is 15.8 Å². The van der Waals surface area contributed by atoms with Crippen LogP contribution in [0.2, 0.25) is 5.02 Å². The number of nitrogens with one attached hydrogen (secondary N) is 2. The number of carbonyl (C=O) groups is 1. The number of thioether (sulfide) groups is 1. The van der Waals surface area contributed by atoms with Gasteiger partial charge in [0.05, 0.1) is 11.6 Å². The summed E-state index contributed by atoms with van der Waals surface area (Å²) in [6, 6.07) is 13.5. The molecule has 2 aromatic carbocycles. The molecule has 2 heterocycles. The first-order chi connectivity index (χ1) is 12.6. The van der Waals surface area contributed by atoms with Crippen LogP contribution in [-0.4, -0.2) is 23.8 Å². The second kappa shape index (κ2) is 7.36. The molecule has 0 bridgehead atoms. The van der Waals surface area contributed by atoms with Crippen molar-refractivity contribution in [2.45, 2.75) is 11.9 Å². The summed E-state index contributed by atoms with van der Waals surface area (Å²) in [7, 11) is 0. The van der Waals surface area contributed by atoms with Gasteiger partial charge in [-0.3, -0.25) is 15.1 Å². The minimum Gasteiger partial charge on any atom is -0.274 e. The van der Waals surface area contributed by atoms with Crippen LogP contribution in [0, 0.1) is 11.7 Å². The molecule has 2 aromatic rings. The third kappa shape index (κ3) is 3.48. The number of aliphatic imine (C=N–C) groups is 1. The smallest absolute Gasteiger partial charge is 0.241 e. The number of carbonyl (C=O) groups excluding carboxylic acids is 1. The summed E-state index contributed by atoms with van der Waals surface area (Å²) >= 11 is 7.38. The van der Waals surface area contributed by atoms with Gasteiger partial charge in [0.2, 0.25) is 5.91 Å². The zero-order valence-electron chi connectivity index (χ0n) is 13.7. The van der Waals surface area contributed by atoms with E-state index in [0.717, 1.165) is 11.3 Å². The maximum atomic E-state index is 13.4. The lowest BCUT2D eigenvalue weighted by atomic mass is 10.0. The highest BCUT2D eigenvalue weighted by Gasteiger charge is 2.42. The first-order valence-electron chi connectivity index (χ1n) is 8.15. The summed E-state index contributed by atoms with van der Waals surface area (Å²) in [4.78, 5) is 19.3. The summed E-state index contributed by atoms with van der Waals surface area (Å²) in [5, 5.41) is 1.19. The van der Waals surface area contributed by atoms with Crippen molar-refractivity contribution in [2.24, 2.45) is 10.9 Å². The van der Waals surface area contributed by atoms with E-state index in [1.54, 1.807) is 35.2 Å². The molecule has 2 aliphatic rings. The lowest BCUT2D eigenvalue weighted by molar-refractivity contribution is -0.121. The fourth-order valence-electron chi connectivity index (χ4n) is 2.97. The molecule has 0 aliphatic carbocycles. The van der Waals surface area contributed by atoms with E-state index in [4.69, 9.17) is 16.6 Å².